The van der Waals surface area contributed by atoms with Crippen LogP contribution in [0.15, 0.2) is 24.3 Å². The fraction of sp³-hybridized carbons (Fsp3) is 0.765. The molecule has 4 aliphatic carbocycles. The minimum Gasteiger partial charge on any atom is -0.462 e. The summed E-state index contributed by atoms with van der Waals surface area (Å²) in [5, 5.41) is 3.35. The normalized spacial score (nSPS) is 38.6. The van der Waals surface area contributed by atoms with Crippen LogP contribution in [0.3, 0.4) is 0 Å². The van der Waals surface area contributed by atoms with Crippen molar-refractivity contribution >= 4 is 34.8 Å². The third kappa shape index (κ3) is 5.43. The van der Waals surface area contributed by atoms with Gasteiger partial charge >= 0.3 is 5.97 Å². The van der Waals surface area contributed by atoms with Crippen molar-refractivity contribution in [3.63, 3.8) is 0 Å². The van der Waals surface area contributed by atoms with Crippen molar-refractivity contribution in [1.82, 2.24) is 5.32 Å². The number of carbonyl (C=O) groups is 2. The molecule has 1 aromatic rings. The second-order valence-electron chi connectivity index (χ2n) is 14.7. The summed E-state index contributed by atoms with van der Waals surface area (Å²) in [6, 6.07) is 3.95. The average molecular weight is 588 g/mol. The van der Waals surface area contributed by atoms with E-state index in [0.29, 0.717) is 53.3 Å². The van der Waals surface area contributed by atoms with Crippen LogP contribution in [0, 0.1) is 52.3 Å². The lowest BCUT2D eigenvalue weighted by atomic mass is 9.43. The van der Waals surface area contributed by atoms with Crippen molar-refractivity contribution < 1.29 is 14.3 Å². The first-order chi connectivity index (χ1) is 18.8. The van der Waals surface area contributed by atoms with Crippen LogP contribution in [0.4, 0.5) is 0 Å². The highest BCUT2D eigenvalue weighted by Gasteiger charge is 2.63. The first-order valence-corrected chi connectivity index (χ1v) is 16.9. The Balaban J connectivity index is 1.32. The molecule has 0 aromatic carbocycles. The summed E-state index contributed by atoms with van der Waals surface area (Å²) in [4.78, 5) is 26.8. The van der Waals surface area contributed by atoms with Crippen molar-refractivity contribution in [1.29, 1.82) is 0 Å². The van der Waals surface area contributed by atoms with Gasteiger partial charge in [-0.25, -0.2) is 0 Å². The summed E-state index contributed by atoms with van der Waals surface area (Å²) in [6.45, 7) is 17.6. The number of rotatable bonds is 7. The number of hydrogen-bond acceptors (Lipinski definition) is 4. The molecule has 4 nitrogen and oxygen atoms in total. The van der Waals surface area contributed by atoms with Gasteiger partial charge in [0.25, 0.3) is 0 Å². The predicted octanol–water partition coefficient (Wildman–Crippen LogP) is 9.00. The first kappa shape index (κ1) is 30.1. The molecular formula is C34H50ClNO3S. The van der Waals surface area contributed by atoms with E-state index < -0.39 is 0 Å². The highest BCUT2D eigenvalue weighted by Crippen LogP contribution is 2.69. The van der Waals surface area contributed by atoms with Gasteiger partial charge in [0.2, 0.25) is 5.91 Å². The van der Waals surface area contributed by atoms with E-state index in [-0.39, 0.29) is 29.4 Å². The Morgan fingerprint density at radius 3 is 2.50 bits per heavy atom. The molecule has 6 heteroatoms. The number of hydrogen-bond donors (Lipinski definition) is 1. The topological polar surface area (TPSA) is 55.4 Å². The molecule has 1 heterocycles. The zero-order chi connectivity index (χ0) is 29.0. The summed E-state index contributed by atoms with van der Waals surface area (Å²) >= 11 is 7.77. The molecule has 40 heavy (non-hydrogen) atoms. The van der Waals surface area contributed by atoms with Crippen LogP contribution in [0.2, 0.25) is 4.34 Å². The molecule has 1 N–H and O–H groups in total. The highest BCUT2D eigenvalue weighted by atomic mass is 35.5. The fourth-order valence-corrected chi connectivity index (χ4v) is 11.4. The van der Waals surface area contributed by atoms with Gasteiger partial charge in [-0.2, -0.15) is 0 Å². The Kier molecular flexibility index (Phi) is 8.59. The van der Waals surface area contributed by atoms with Gasteiger partial charge in [0.1, 0.15) is 6.10 Å². The second-order valence-corrected chi connectivity index (χ2v) is 16.4. The molecule has 5 rings (SSSR count). The van der Waals surface area contributed by atoms with Crippen LogP contribution < -0.4 is 5.32 Å². The van der Waals surface area contributed by atoms with Gasteiger partial charge in [0, 0.05) is 24.1 Å². The van der Waals surface area contributed by atoms with Crippen molar-refractivity contribution in [3.8, 4) is 0 Å². The van der Waals surface area contributed by atoms with E-state index in [4.69, 9.17) is 16.3 Å². The molecule has 0 aliphatic heterocycles. The Hall–Kier alpha value is -1.33. The van der Waals surface area contributed by atoms with Crippen molar-refractivity contribution in [3.05, 3.63) is 33.5 Å². The third-order valence-electron chi connectivity index (χ3n) is 12.1. The van der Waals surface area contributed by atoms with Gasteiger partial charge in [0.15, 0.2) is 0 Å². The van der Waals surface area contributed by atoms with Crippen molar-refractivity contribution in [2.75, 3.05) is 0 Å². The molecule has 1 aromatic heterocycles. The van der Waals surface area contributed by atoms with Gasteiger partial charge < -0.3 is 10.1 Å². The van der Waals surface area contributed by atoms with Crippen LogP contribution in [0.5, 0.6) is 0 Å². The number of ether oxygens (including phenoxy) is 1. The van der Waals surface area contributed by atoms with E-state index in [2.05, 4.69) is 46.5 Å². The number of thiophene rings is 1. The summed E-state index contributed by atoms with van der Waals surface area (Å²) in [6.07, 6.45) is 9.76. The molecular weight excluding hydrogens is 538 g/mol. The molecule has 1 amide bonds. The Bertz CT molecular complexity index is 1130. The van der Waals surface area contributed by atoms with E-state index in [9.17, 15) is 9.59 Å². The molecule has 222 valence electrons. The molecule has 4 saturated carbocycles. The summed E-state index contributed by atoms with van der Waals surface area (Å²) in [5.74, 6) is 3.26. The summed E-state index contributed by atoms with van der Waals surface area (Å²) in [7, 11) is 0. The van der Waals surface area contributed by atoms with E-state index in [1.807, 2.05) is 12.1 Å². The lowest BCUT2D eigenvalue weighted by Gasteiger charge is -2.62. The minimum absolute atomic E-state index is 0.00783. The maximum atomic E-state index is 13.4. The van der Waals surface area contributed by atoms with Crippen LogP contribution >= 0.6 is 22.9 Å². The number of esters is 1. The molecule has 0 spiro atoms. The molecule has 0 radical (unpaired) electrons. The zero-order valence-electron chi connectivity index (χ0n) is 25.4. The van der Waals surface area contributed by atoms with E-state index in [0.717, 1.165) is 34.9 Å². The van der Waals surface area contributed by atoms with Gasteiger partial charge in [-0.3, -0.25) is 9.59 Å². The van der Waals surface area contributed by atoms with Gasteiger partial charge in [0.05, 0.1) is 10.4 Å². The smallest absolute Gasteiger partial charge is 0.302 e. The largest absolute Gasteiger partial charge is 0.462 e. The van der Waals surface area contributed by atoms with Crippen molar-refractivity contribution in [2.24, 2.45) is 52.3 Å². The Morgan fingerprint density at radius 2 is 1.85 bits per heavy atom. The minimum atomic E-state index is -0.138. The van der Waals surface area contributed by atoms with Crippen LogP contribution in [-0.2, 0) is 14.3 Å². The first-order valence-electron chi connectivity index (χ1n) is 15.7. The molecule has 10 atom stereocenters. The number of amides is 1. The van der Waals surface area contributed by atoms with Gasteiger partial charge in [-0.1, -0.05) is 58.4 Å². The van der Waals surface area contributed by atoms with Crippen LogP contribution in [0.25, 0.3) is 0 Å². The molecule has 4 fully saturated rings. The van der Waals surface area contributed by atoms with Gasteiger partial charge in [-0.15, -0.1) is 11.3 Å². The Labute approximate surface area is 251 Å². The van der Waals surface area contributed by atoms with E-state index >= 15 is 0 Å². The number of carbonyl (C=O) groups excluding carboxylic acids is 2. The second kappa shape index (κ2) is 11.4. The number of allylic oxidation sites excluding steroid dienone is 1. The standard InChI is InChI=1S/C34H50ClNO3S/c1-19(2)32(28-10-11-29(35)40-28)36-30(38)17-21(4)24-8-9-25-31-26(13-15-34(24,25)7)33(6)14-12-20(3)16-23(33)18-27(31)39-22(5)37/h10-11,19,21,23-27,31-32H,3,8-9,12-18H2,1-2,4-7H3,(H,36,38)/t21-,23?,24?,25+,26+,27-,31?,32?,33?,34?/m1/s1. The SMILES string of the molecule is C=C1CCC2(C)C(C1)C[C@@H](OC(C)=O)C1[C@@H]2CCC2(C)C([C@H](C)CC(=O)NC(c3ccc(Cl)s3)C(C)C)CC[C@@H]12. The highest BCUT2D eigenvalue weighted by molar-refractivity contribution is 7.16. The van der Waals surface area contributed by atoms with E-state index in [1.54, 1.807) is 18.3 Å². The maximum absolute atomic E-state index is 13.4. The maximum Gasteiger partial charge on any atom is 0.302 e. The lowest BCUT2D eigenvalue weighted by Crippen LogP contribution is -2.58. The lowest BCUT2D eigenvalue weighted by molar-refractivity contribution is -0.187. The molecule has 0 saturated heterocycles. The summed E-state index contributed by atoms with van der Waals surface area (Å²) in [5.41, 5.74) is 1.86. The number of halogens is 1. The zero-order valence-corrected chi connectivity index (χ0v) is 27.0. The van der Waals surface area contributed by atoms with E-state index in [1.165, 1.54) is 31.3 Å². The quantitative estimate of drug-likeness (QED) is 0.256. The van der Waals surface area contributed by atoms with Crippen LogP contribution in [0.1, 0.15) is 110 Å². The molecule has 4 aliphatic rings. The molecule has 6 unspecified atom stereocenters. The Morgan fingerprint density at radius 1 is 1.12 bits per heavy atom. The summed E-state index contributed by atoms with van der Waals surface area (Å²) < 4.78 is 6.93. The molecule has 0 bridgehead atoms. The van der Waals surface area contributed by atoms with Crippen molar-refractivity contribution in [2.45, 2.75) is 111 Å². The monoisotopic (exact) mass is 587 g/mol. The van der Waals surface area contributed by atoms with Crippen LogP contribution in [-0.4, -0.2) is 18.0 Å². The van der Waals surface area contributed by atoms with Gasteiger partial charge in [-0.05, 0) is 110 Å². The fourth-order valence-electron chi connectivity index (χ4n) is 10.1. The predicted molar refractivity (Wildman–Crippen MR) is 164 cm³/mol. The number of fused-ring (bicyclic) bond motifs is 5. The number of nitrogens with one attached hydrogen (secondary N) is 1. The average Bonchev–Trinajstić information content (AvgIpc) is 3.45. The third-order valence-corrected chi connectivity index (χ3v) is 13.4.